The second-order valence-corrected chi connectivity index (χ2v) is 6.22. The lowest BCUT2D eigenvalue weighted by Gasteiger charge is -2.08. The van der Waals surface area contributed by atoms with Crippen molar-refractivity contribution in [3.63, 3.8) is 0 Å². The molecule has 0 spiro atoms. The van der Waals surface area contributed by atoms with E-state index in [0.29, 0.717) is 5.69 Å². The Morgan fingerprint density at radius 3 is 2.72 bits per heavy atom. The highest BCUT2D eigenvalue weighted by Crippen LogP contribution is 2.24. The van der Waals surface area contributed by atoms with Crippen molar-refractivity contribution in [2.24, 2.45) is 0 Å². The lowest BCUT2D eigenvalue weighted by atomic mass is 10.2. The molecule has 1 aromatic heterocycles. The van der Waals surface area contributed by atoms with Gasteiger partial charge in [-0.05, 0) is 24.6 Å². The van der Waals surface area contributed by atoms with Gasteiger partial charge in [-0.1, -0.05) is 22.0 Å². The first-order chi connectivity index (χ1) is 8.40. The highest BCUT2D eigenvalue weighted by Gasteiger charge is 2.19. The van der Waals surface area contributed by atoms with E-state index in [1.54, 1.807) is 18.2 Å². The lowest BCUT2D eigenvalue weighted by molar-refractivity contribution is 0.601. The third kappa shape index (κ3) is 2.49. The highest BCUT2D eigenvalue weighted by molar-refractivity contribution is 9.10. The first kappa shape index (κ1) is 12.9. The zero-order valence-electron chi connectivity index (χ0n) is 9.44. The van der Waals surface area contributed by atoms with E-state index in [-0.39, 0.29) is 10.7 Å². The highest BCUT2D eigenvalue weighted by atomic mass is 79.9. The average molecular weight is 331 g/mol. The van der Waals surface area contributed by atoms with E-state index < -0.39 is 10.0 Å². The largest absolute Gasteiger partial charge is 0.383 e. The first-order valence-corrected chi connectivity index (χ1v) is 7.25. The summed E-state index contributed by atoms with van der Waals surface area (Å²) < 4.78 is 27.3. The smallest absolute Gasteiger partial charge is 0.267 e. The summed E-state index contributed by atoms with van der Waals surface area (Å²) in [5.74, 6) is 0.00803. The Morgan fingerprint density at radius 2 is 2.17 bits per heavy atom. The Balaban J connectivity index is 2.34. The van der Waals surface area contributed by atoms with Crippen LogP contribution in [-0.2, 0) is 10.0 Å². The topological polar surface area (TPSA) is 101 Å². The number of aromatic amines is 1. The molecule has 0 saturated heterocycles. The van der Waals surface area contributed by atoms with Crippen LogP contribution in [0, 0.1) is 6.92 Å². The van der Waals surface area contributed by atoms with Crippen LogP contribution in [-0.4, -0.2) is 18.6 Å². The number of sulfonamides is 1. The van der Waals surface area contributed by atoms with Crippen molar-refractivity contribution >= 4 is 37.5 Å². The van der Waals surface area contributed by atoms with Gasteiger partial charge >= 0.3 is 0 Å². The molecule has 0 bridgehead atoms. The van der Waals surface area contributed by atoms with Crippen molar-refractivity contribution in [1.82, 2.24) is 10.2 Å². The summed E-state index contributed by atoms with van der Waals surface area (Å²) in [7, 11) is -3.72. The van der Waals surface area contributed by atoms with Crippen LogP contribution in [0.4, 0.5) is 11.5 Å². The van der Waals surface area contributed by atoms with E-state index in [2.05, 4.69) is 30.8 Å². The van der Waals surface area contributed by atoms with E-state index >= 15 is 0 Å². The number of nitrogens with one attached hydrogen (secondary N) is 2. The standard InChI is InChI=1S/C10H11BrN4O2S/c1-6-2-3-7(4-8(6)11)15-18(16,17)9-5-13-14-10(9)12/h2-5,15H,1H3,(H3,12,13,14). The zero-order valence-corrected chi connectivity index (χ0v) is 11.8. The molecule has 0 aliphatic rings. The molecular weight excluding hydrogens is 320 g/mol. The number of hydrogen-bond acceptors (Lipinski definition) is 4. The van der Waals surface area contributed by atoms with Crippen molar-refractivity contribution in [3.8, 4) is 0 Å². The second-order valence-electron chi connectivity index (χ2n) is 3.72. The number of anilines is 2. The molecule has 1 heterocycles. The van der Waals surface area contributed by atoms with Crippen molar-refractivity contribution in [2.75, 3.05) is 10.5 Å². The Kier molecular flexibility index (Phi) is 3.31. The van der Waals surface area contributed by atoms with Crippen LogP contribution >= 0.6 is 15.9 Å². The van der Waals surface area contributed by atoms with Crippen LogP contribution < -0.4 is 10.5 Å². The Hall–Kier alpha value is -1.54. The van der Waals surface area contributed by atoms with Gasteiger partial charge in [0, 0.05) is 10.2 Å². The molecule has 18 heavy (non-hydrogen) atoms. The molecule has 4 N–H and O–H groups in total. The summed E-state index contributed by atoms with van der Waals surface area (Å²) in [6.07, 6.45) is 1.17. The minimum absolute atomic E-state index is 0.00803. The second kappa shape index (κ2) is 4.62. The number of hydrogen-bond donors (Lipinski definition) is 3. The first-order valence-electron chi connectivity index (χ1n) is 4.98. The van der Waals surface area contributed by atoms with Crippen molar-refractivity contribution in [2.45, 2.75) is 11.8 Å². The molecule has 1 aromatic carbocycles. The summed E-state index contributed by atoms with van der Waals surface area (Å²) >= 11 is 3.34. The van der Waals surface area contributed by atoms with Crippen LogP contribution in [0.1, 0.15) is 5.56 Å². The maximum Gasteiger partial charge on any atom is 0.267 e. The van der Waals surface area contributed by atoms with Crippen LogP contribution in [0.5, 0.6) is 0 Å². The van der Waals surface area contributed by atoms with Gasteiger partial charge < -0.3 is 5.73 Å². The van der Waals surface area contributed by atoms with Gasteiger partial charge in [0.15, 0.2) is 0 Å². The van der Waals surface area contributed by atoms with E-state index in [4.69, 9.17) is 5.73 Å². The van der Waals surface area contributed by atoms with Crippen molar-refractivity contribution < 1.29 is 8.42 Å². The third-order valence-corrected chi connectivity index (χ3v) is 4.61. The van der Waals surface area contributed by atoms with Crippen LogP contribution in [0.3, 0.4) is 0 Å². The number of H-pyrrole nitrogens is 1. The summed E-state index contributed by atoms with van der Waals surface area (Å²) in [6, 6.07) is 5.16. The number of aryl methyl sites for hydroxylation is 1. The maximum absolute atomic E-state index is 12.0. The number of halogens is 1. The average Bonchev–Trinajstić information content (AvgIpc) is 2.70. The van der Waals surface area contributed by atoms with E-state index in [9.17, 15) is 8.42 Å². The molecule has 2 aromatic rings. The predicted molar refractivity (Wildman–Crippen MR) is 72.7 cm³/mol. The summed E-state index contributed by atoms with van der Waals surface area (Å²) in [5, 5.41) is 5.96. The number of rotatable bonds is 3. The molecule has 0 aliphatic heterocycles. The van der Waals surface area contributed by atoms with Gasteiger partial charge in [-0.15, -0.1) is 0 Å². The molecule has 6 nitrogen and oxygen atoms in total. The molecule has 0 saturated carbocycles. The van der Waals surface area contributed by atoms with Crippen LogP contribution in [0.15, 0.2) is 33.8 Å². The lowest BCUT2D eigenvalue weighted by Crippen LogP contribution is -2.13. The minimum Gasteiger partial charge on any atom is -0.383 e. The Morgan fingerprint density at radius 1 is 1.44 bits per heavy atom. The van der Waals surface area contributed by atoms with Gasteiger partial charge in [0.05, 0.1) is 6.20 Å². The molecule has 0 fully saturated rings. The third-order valence-electron chi connectivity index (χ3n) is 2.35. The number of nitrogens with zero attached hydrogens (tertiary/aromatic N) is 1. The van der Waals surface area contributed by atoms with E-state index in [1.807, 2.05) is 6.92 Å². The molecule has 0 unspecified atom stereocenters. The Labute approximate surface area is 113 Å². The number of aromatic nitrogens is 2. The summed E-state index contributed by atoms with van der Waals surface area (Å²) in [5.41, 5.74) is 6.95. The fourth-order valence-corrected chi connectivity index (χ4v) is 2.82. The van der Waals surface area contributed by atoms with Crippen LogP contribution in [0.2, 0.25) is 0 Å². The molecule has 96 valence electrons. The SMILES string of the molecule is Cc1ccc(NS(=O)(=O)c2cn[nH]c2N)cc1Br. The van der Waals surface area contributed by atoms with E-state index in [0.717, 1.165) is 10.0 Å². The maximum atomic E-state index is 12.0. The van der Waals surface area contributed by atoms with Gasteiger partial charge in [-0.2, -0.15) is 5.10 Å². The normalized spacial score (nSPS) is 11.4. The predicted octanol–water partition coefficient (Wildman–Crippen LogP) is 1.86. The molecule has 2 rings (SSSR count). The fraction of sp³-hybridized carbons (Fsp3) is 0.100. The monoisotopic (exact) mass is 330 g/mol. The fourth-order valence-electron chi connectivity index (χ4n) is 1.37. The van der Waals surface area contributed by atoms with Gasteiger partial charge in [-0.3, -0.25) is 9.82 Å². The molecule has 0 atom stereocenters. The van der Waals surface area contributed by atoms with Crippen molar-refractivity contribution in [3.05, 3.63) is 34.4 Å². The number of nitrogen functional groups attached to an aromatic ring is 1. The van der Waals surface area contributed by atoms with Gasteiger partial charge in [0.2, 0.25) is 0 Å². The van der Waals surface area contributed by atoms with E-state index in [1.165, 1.54) is 6.20 Å². The zero-order chi connectivity index (χ0) is 13.3. The molecule has 0 aliphatic carbocycles. The van der Waals surface area contributed by atoms with Gasteiger partial charge in [0.1, 0.15) is 10.7 Å². The summed E-state index contributed by atoms with van der Waals surface area (Å²) in [4.78, 5) is -0.0702. The summed E-state index contributed by atoms with van der Waals surface area (Å²) in [6.45, 7) is 1.91. The quantitative estimate of drug-likeness (QED) is 0.799. The molecule has 8 heteroatoms. The number of nitrogens with two attached hydrogens (primary N) is 1. The number of benzene rings is 1. The molecule has 0 amide bonds. The minimum atomic E-state index is -3.72. The molecular formula is C10H11BrN4O2S. The van der Waals surface area contributed by atoms with Crippen LogP contribution in [0.25, 0.3) is 0 Å². The van der Waals surface area contributed by atoms with Crippen molar-refractivity contribution in [1.29, 1.82) is 0 Å². The molecule has 0 radical (unpaired) electrons. The van der Waals surface area contributed by atoms with Gasteiger partial charge in [0.25, 0.3) is 10.0 Å². The van der Waals surface area contributed by atoms with Gasteiger partial charge in [-0.25, -0.2) is 8.42 Å². The Bertz CT molecular complexity index is 681.